The minimum Gasteiger partial charge on any atom is -0.444 e. The van der Waals surface area contributed by atoms with Crippen LogP contribution in [0.3, 0.4) is 0 Å². The van der Waals surface area contributed by atoms with Crippen LogP contribution < -0.4 is 10.2 Å². The smallest absolute Gasteiger partial charge is 0.410 e. The summed E-state index contributed by atoms with van der Waals surface area (Å²) in [6.07, 6.45) is 0.641. The first-order chi connectivity index (χ1) is 11.3. The maximum atomic E-state index is 12.2. The van der Waals surface area contributed by atoms with Crippen LogP contribution in [0.1, 0.15) is 32.0 Å². The number of piperazine rings is 1. The molecule has 132 valence electrons. The molecule has 1 aromatic heterocycles. The lowest BCUT2D eigenvalue weighted by Crippen LogP contribution is -2.50. The zero-order valence-electron chi connectivity index (χ0n) is 14.4. The Morgan fingerprint density at radius 3 is 2.58 bits per heavy atom. The first kappa shape index (κ1) is 17.2. The Morgan fingerprint density at radius 2 is 1.92 bits per heavy atom. The van der Waals surface area contributed by atoms with E-state index in [0.717, 1.165) is 31.0 Å². The standard InChI is InChI=1S/C16H24ClN5O2/c1-16(2,3)24-15(23)22-8-6-21(7-9-22)13-11-4-5-18-10-12(11)19-14(17)20-13/h18H,4-10H2,1-3H3. The van der Waals surface area contributed by atoms with Gasteiger partial charge in [-0.15, -0.1) is 0 Å². The van der Waals surface area contributed by atoms with Gasteiger partial charge in [0, 0.05) is 38.3 Å². The van der Waals surface area contributed by atoms with E-state index in [0.29, 0.717) is 26.2 Å². The van der Waals surface area contributed by atoms with E-state index in [1.807, 2.05) is 20.8 Å². The van der Waals surface area contributed by atoms with Gasteiger partial charge in [-0.2, -0.15) is 0 Å². The van der Waals surface area contributed by atoms with Gasteiger partial charge in [0.25, 0.3) is 0 Å². The number of ether oxygens (including phenoxy) is 1. The summed E-state index contributed by atoms with van der Waals surface area (Å²) in [7, 11) is 0. The average molecular weight is 354 g/mol. The zero-order chi connectivity index (χ0) is 17.3. The molecule has 0 bridgehead atoms. The maximum Gasteiger partial charge on any atom is 0.410 e. The number of nitrogens with one attached hydrogen (secondary N) is 1. The minimum absolute atomic E-state index is 0.255. The predicted molar refractivity (Wildman–Crippen MR) is 92.5 cm³/mol. The lowest BCUT2D eigenvalue weighted by Gasteiger charge is -2.37. The van der Waals surface area contributed by atoms with Crippen molar-refractivity contribution in [2.75, 3.05) is 37.6 Å². The van der Waals surface area contributed by atoms with Crippen LogP contribution in [0.15, 0.2) is 0 Å². The summed E-state index contributed by atoms with van der Waals surface area (Å²) < 4.78 is 5.44. The highest BCUT2D eigenvalue weighted by atomic mass is 35.5. The first-order valence-electron chi connectivity index (χ1n) is 8.32. The number of aromatic nitrogens is 2. The molecular weight excluding hydrogens is 330 g/mol. The highest BCUT2D eigenvalue weighted by Gasteiger charge is 2.28. The average Bonchev–Trinajstić information content (AvgIpc) is 2.52. The number of carbonyl (C=O) groups excluding carboxylic acids is 1. The van der Waals surface area contributed by atoms with E-state index in [4.69, 9.17) is 16.3 Å². The number of halogens is 1. The largest absolute Gasteiger partial charge is 0.444 e. The van der Waals surface area contributed by atoms with Crippen LogP contribution in [0.25, 0.3) is 0 Å². The highest BCUT2D eigenvalue weighted by Crippen LogP contribution is 2.26. The van der Waals surface area contributed by atoms with Gasteiger partial charge in [0.05, 0.1) is 5.69 Å². The van der Waals surface area contributed by atoms with Crippen molar-refractivity contribution in [2.45, 2.75) is 39.3 Å². The molecule has 3 rings (SSSR count). The van der Waals surface area contributed by atoms with Crippen molar-refractivity contribution in [3.05, 3.63) is 16.5 Å². The summed E-state index contributed by atoms with van der Waals surface area (Å²) in [4.78, 5) is 24.9. The highest BCUT2D eigenvalue weighted by molar-refractivity contribution is 6.28. The van der Waals surface area contributed by atoms with Gasteiger partial charge in [-0.25, -0.2) is 14.8 Å². The van der Waals surface area contributed by atoms with Gasteiger partial charge in [0.2, 0.25) is 5.28 Å². The van der Waals surface area contributed by atoms with Gasteiger partial charge >= 0.3 is 6.09 Å². The lowest BCUT2D eigenvalue weighted by molar-refractivity contribution is 0.0240. The van der Waals surface area contributed by atoms with Crippen LogP contribution in [-0.2, 0) is 17.7 Å². The van der Waals surface area contributed by atoms with Crippen LogP contribution in [0.4, 0.5) is 10.6 Å². The van der Waals surface area contributed by atoms with E-state index in [1.165, 1.54) is 5.56 Å². The molecule has 7 nitrogen and oxygen atoms in total. The number of anilines is 1. The Labute approximate surface area is 147 Å². The number of rotatable bonds is 1. The van der Waals surface area contributed by atoms with Crippen LogP contribution >= 0.6 is 11.6 Å². The summed E-state index contributed by atoms with van der Waals surface area (Å²) in [5.74, 6) is 0.912. The van der Waals surface area contributed by atoms with Gasteiger partial charge in [-0.05, 0) is 45.3 Å². The summed E-state index contributed by atoms with van der Waals surface area (Å²) in [6.45, 7) is 9.94. The Morgan fingerprint density at radius 1 is 1.21 bits per heavy atom. The summed E-state index contributed by atoms with van der Waals surface area (Å²) >= 11 is 6.09. The number of hydrogen-bond donors (Lipinski definition) is 1. The number of carbonyl (C=O) groups is 1. The number of amides is 1. The molecule has 1 fully saturated rings. The quantitative estimate of drug-likeness (QED) is 0.777. The lowest BCUT2D eigenvalue weighted by atomic mass is 10.1. The SMILES string of the molecule is CC(C)(C)OC(=O)N1CCN(c2nc(Cl)nc3c2CCNC3)CC1. The normalized spacial score (nSPS) is 18.3. The topological polar surface area (TPSA) is 70.6 Å². The molecule has 0 aliphatic carbocycles. The third-order valence-electron chi connectivity index (χ3n) is 4.12. The molecule has 2 aliphatic rings. The molecular formula is C16H24ClN5O2. The summed E-state index contributed by atoms with van der Waals surface area (Å²) in [5, 5.41) is 3.58. The second kappa shape index (κ2) is 6.72. The fourth-order valence-electron chi connectivity index (χ4n) is 3.00. The molecule has 0 aromatic carbocycles. The van der Waals surface area contributed by atoms with Crippen LogP contribution in [0.2, 0.25) is 5.28 Å². The van der Waals surface area contributed by atoms with Crippen LogP contribution in [-0.4, -0.2) is 59.3 Å². The van der Waals surface area contributed by atoms with Gasteiger partial charge < -0.3 is 19.9 Å². The Bertz CT molecular complexity index is 624. The van der Waals surface area contributed by atoms with Gasteiger partial charge in [-0.1, -0.05) is 0 Å². The van der Waals surface area contributed by atoms with E-state index < -0.39 is 5.60 Å². The van der Waals surface area contributed by atoms with Crippen molar-refractivity contribution in [1.29, 1.82) is 0 Å². The Balaban J connectivity index is 1.69. The van der Waals surface area contributed by atoms with Crippen molar-refractivity contribution >= 4 is 23.5 Å². The van der Waals surface area contributed by atoms with E-state index in [1.54, 1.807) is 4.90 Å². The Hall–Kier alpha value is -1.60. The van der Waals surface area contributed by atoms with Gasteiger partial charge in [0.15, 0.2) is 0 Å². The van der Waals surface area contributed by atoms with Gasteiger partial charge in [-0.3, -0.25) is 0 Å². The van der Waals surface area contributed by atoms with E-state index in [9.17, 15) is 4.79 Å². The minimum atomic E-state index is -0.472. The summed E-state index contributed by atoms with van der Waals surface area (Å²) in [5.41, 5.74) is 1.68. The van der Waals surface area contributed by atoms with Crippen LogP contribution in [0, 0.1) is 0 Å². The van der Waals surface area contributed by atoms with Crippen molar-refractivity contribution < 1.29 is 9.53 Å². The summed E-state index contributed by atoms with van der Waals surface area (Å²) in [6, 6.07) is 0. The van der Waals surface area contributed by atoms with E-state index in [2.05, 4.69) is 20.2 Å². The molecule has 3 heterocycles. The molecule has 0 saturated carbocycles. The molecule has 24 heavy (non-hydrogen) atoms. The first-order valence-corrected chi connectivity index (χ1v) is 8.70. The number of hydrogen-bond acceptors (Lipinski definition) is 6. The zero-order valence-corrected chi connectivity index (χ0v) is 15.2. The molecule has 1 amide bonds. The molecule has 8 heteroatoms. The monoisotopic (exact) mass is 353 g/mol. The number of nitrogens with zero attached hydrogens (tertiary/aromatic N) is 4. The fraction of sp³-hybridized carbons (Fsp3) is 0.688. The third-order valence-corrected chi connectivity index (χ3v) is 4.29. The van der Waals surface area contributed by atoms with E-state index in [-0.39, 0.29) is 11.4 Å². The van der Waals surface area contributed by atoms with Crippen molar-refractivity contribution in [2.24, 2.45) is 0 Å². The van der Waals surface area contributed by atoms with Crippen LogP contribution in [0.5, 0.6) is 0 Å². The van der Waals surface area contributed by atoms with Crippen molar-refractivity contribution in [1.82, 2.24) is 20.2 Å². The van der Waals surface area contributed by atoms with Crippen molar-refractivity contribution in [3.63, 3.8) is 0 Å². The molecule has 0 spiro atoms. The third kappa shape index (κ3) is 3.89. The molecule has 0 radical (unpaired) electrons. The molecule has 1 aromatic rings. The molecule has 2 aliphatic heterocycles. The molecule has 1 N–H and O–H groups in total. The maximum absolute atomic E-state index is 12.2. The molecule has 1 saturated heterocycles. The molecule has 0 atom stereocenters. The second-order valence-corrected chi connectivity index (χ2v) is 7.46. The fourth-order valence-corrected chi connectivity index (χ4v) is 3.18. The van der Waals surface area contributed by atoms with E-state index >= 15 is 0 Å². The molecule has 0 unspecified atom stereocenters. The Kier molecular flexibility index (Phi) is 4.83. The van der Waals surface area contributed by atoms with Crippen molar-refractivity contribution in [3.8, 4) is 0 Å². The second-order valence-electron chi connectivity index (χ2n) is 7.12. The predicted octanol–water partition coefficient (Wildman–Crippen LogP) is 1.83. The number of fused-ring (bicyclic) bond motifs is 1. The van der Waals surface area contributed by atoms with Gasteiger partial charge in [0.1, 0.15) is 11.4 Å².